The molecule has 0 aliphatic carbocycles. The predicted molar refractivity (Wildman–Crippen MR) is 83.9 cm³/mol. The smallest absolute Gasteiger partial charge is 0.119 e. The summed E-state index contributed by atoms with van der Waals surface area (Å²) in [6, 6.07) is 18.5. The van der Waals surface area contributed by atoms with Crippen LogP contribution in [0.15, 0.2) is 54.6 Å². The van der Waals surface area contributed by atoms with Crippen LogP contribution in [0.3, 0.4) is 0 Å². The molecule has 0 bridgehead atoms. The molecule has 106 valence electrons. The third kappa shape index (κ3) is 4.39. The third-order valence-corrected chi connectivity index (χ3v) is 3.37. The Bertz CT molecular complexity index is 493. The minimum atomic E-state index is 0.0297. The van der Waals surface area contributed by atoms with Gasteiger partial charge >= 0.3 is 0 Å². The second-order valence-corrected chi connectivity index (χ2v) is 5.07. The van der Waals surface area contributed by atoms with Crippen LogP contribution in [0.1, 0.15) is 36.9 Å². The summed E-state index contributed by atoms with van der Waals surface area (Å²) in [6.45, 7) is 2.95. The highest BCUT2D eigenvalue weighted by atomic mass is 16.5. The van der Waals surface area contributed by atoms with Crippen LogP contribution in [0.5, 0.6) is 5.75 Å². The lowest BCUT2D eigenvalue weighted by Crippen LogP contribution is -2.13. The topological polar surface area (TPSA) is 35.2 Å². The zero-order valence-corrected chi connectivity index (χ0v) is 12.1. The first-order valence-corrected chi connectivity index (χ1v) is 7.32. The van der Waals surface area contributed by atoms with Gasteiger partial charge in [0.1, 0.15) is 5.75 Å². The van der Waals surface area contributed by atoms with Crippen molar-refractivity contribution >= 4 is 0 Å². The van der Waals surface area contributed by atoms with Crippen LogP contribution in [-0.4, -0.2) is 6.61 Å². The van der Waals surface area contributed by atoms with Gasteiger partial charge in [0.05, 0.1) is 6.61 Å². The molecule has 1 unspecified atom stereocenters. The minimum Gasteiger partial charge on any atom is -0.494 e. The summed E-state index contributed by atoms with van der Waals surface area (Å²) < 4.78 is 5.66. The van der Waals surface area contributed by atoms with E-state index in [2.05, 4.69) is 31.2 Å². The van der Waals surface area contributed by atoms with E-state index in [4.69, 9.17) is 10.5 Å². The lowest BCUT2D eigenvalue weighted by atomic mass is 10.00. The van der Waals surface area contributed by atoms with Crippen molar-refractivity contribution in [3.8, 4) is 5.75 Å². The molecule has 0 heterocycles. The van der Waals surface area contributed by atoms with Crippen molar-refractivity contribution in [1.29, 1.82) is 0 Å². The highest BCUT2D eigenvalue weighted by molar-refractivity contribution is 5.30. The number of unbranched alkanes of at least 4 members (excludes halogenated alkanes) is 1. The van der Waals surface area contributed by atoms with Crippen molar-refractivity contribution in [3.05, 3.63) is 65.7 Å². The molecule has 0 spiro atoms. The zero-order chi connectivity index (χ0) is 14.2. The van der Waals surface area contributed by atoms with Crippen LogP contribution in [0.2, 0.25) is 0 Å². The molecule has 20 heavy (non-hydrogen) atoms. The maximum absolute atomic E-state index is 6.26. The number of benzene rings is 2. The largest absolute Gasteiger partial charge is 0.494 e. The van der Waals surface area contributed by atoms with Crippen LogP contribution in [0.25, 0.3) is 0 Å². The summed E-state index contributed by atoms with van der Waals surface area (Å²) in [5, 5.41) is 0. The molecule has 2 nitrogen and oxygen atoms in total. The molecule has 2 N–H and O–H groups in total. The van der Waals surface area contributed by atoms with E-state index in [1.165, 1.54) is 5.56 Å². The molecule has 2 aromatic carbocycles. The molecule has 2 rings (SSSR count). The monoisotopic (exact) mass is 269 g/mol. The average Bonchev–Trinajstić information content (AvgIpc) is 2.49. The number of ether oxygens (including phenoxy) is 1. The summed E-state index contributed by atoms with van der Waals surface area (Å²) in [7, 11) is 0. The van der Waals surface area contributed by atoms with Crippen LogP contribution in [0.4, 0.5) is 0 Å². The van der Waals surface area contributed by atoms with E-state index in [0.29, 0.717) is 0 Å². The van der Waals surface area contributed by atoms with Gasteiger partial charge in [-0.15, -0.1) is 0 Å². The van der Waals surface area contributed by atoms with Crippen molar-refractivity contribution in [3.63, 3.8) is 0 Å². The number of hydrogen-bond donors (Lipinski definition) is 1. The number of hydrogen-bond acceptors (Lipinski definition) is 2. The van der Waals surface area contributed by atoms with Gasteiger partial charge in [-0.1, -0.05) is 55.8 Å². The first kappa shape index (κ1) is 14.6. The fourth-order valence-electron chi connectivity index (χ4n) is 2.13. The Hall–Kier alpha value is -1.80. The Morgan fingerprint density at radius 2 is 1.70 bits per heavy atom. The fraction of sp³-hybridized carbons (Fsp3) is 0.333. The SMILES string of the molecule is CCCCOc1ccc(C(N)Cc2ccccc2)cc1. The van der Waals surface area contributed by atoms with Gasteiger partial charge in [-0.05, 0) is 36.1 Å². The van der Waals surface area contributed by atoms with Gasteiger partial charge in [0.2, 0.25) is 0 Å². The zero-order valence-electron chi connectivity index (χ0n) is 12.1. The second kappa shape index (κ2) is 7.71. The molecule has 0 amide bonds. The molecule has 0 aliphatic heterocycles. The molecular formula is C18H23NO. The van der Waals surface area contributed by atoms with Crippen molar-refractivity contribution in [2.75, 3.05) is 6.61 Å². The summed E-state index contributed by atoms with van der Waals surface area (Å²) in [5.41, 5.74) is 8.67. The molecule has 0 radical (unpaired) electrons. The van der Waals surface area contributed by atoms with E-state index >= 15 is 0 Å². The van der Waals surface area contributed by atoms with Crippen molar-refractivity contribution in [2.45, 2.75) is 32.2 Å². The maximum atomic E-state index is 6.26. The van der Waals surface area contributed by atoms with Crippen LogP contribution in [0, 0.1) is 0 Å². The lowest BCUT2D eigenvalue weighted by Gasteiger charge is -2.13. The first-order valence-electron chi connectivity index (χ1n) is 7.32. The van der Waals surface area contributed by atoms with E-state index in [9.17, 15) is 0 Å². The third-order valence-electron chi connectivity index (χ3n) is 3.37. The van der Waals surface area contributed by atoms with Crippen molar-refractivity contribution < 1.29 is 4.74 Å². The first-order chi connectivity index (χ1) is 9.79. The van der Waals surface area contributed by atoms with E-state index in [0.717, 1.165) is 37.2 Å². The Morgan fingerprint density at radius 3 is 2.35 bits per heavy atom. The quantitative estimate of drug-likeness (QED) is 0.768. The van der Waals surface area contributed by atoms with Crippen LogP contribution >= 0.6 is 0 Å². The van der Waals surface area contributed by atoms with Crippen molar-refractivity contribution in [1.82, 2.24) is 0 Å². The Morgan fingerprint density at radius 1 is 1.00 bits per heavy atom. The molecule has 0 saturated carbocycles. The number of nitrogens with two attached hydrogens (primary N) is 1. The Balaban J connectivity index is 1.92. The normalized spacial score (nSPS) is 12.1. The van der Waals surface area contributed by atoms with Gasteiger partial charge in [-0.3, -0.25) is 0 Å². The van der Waals surface area contributed by atoms with Gasteiger partial charge in [0, 0.05) is 6.04 Å². The maximum Gasteiger partial charge on any atom is 0.119 e. The minimum absolute atomic E-state index is 0.0297. The summed E-state index contributed by atoms with van der Waals surface area (Å²) >= 11 is 0. The Kier molecular flexibility index (Phi) is 5.63. The molecule has 0 aromatic heterocycles. The van der Waals surface area contributed by atoms with E-state index in [1.807, 2.05) is 30.3 Å². The van der Waals surface area contributed by atoms with Gasteiger partial charge in [0.15, 0.2) is 0 Å². The standard InChI is InChI=1S/C18H23NO/c1-2-3-13-20-17-11-9-16(10-12-17)18(19)14-15-7-5-4-6-8-15/h4-12,18H,2-3,13-14,19H2,1H3. The molecule has 0 aliphatic rings. The second-order valence-electron chi connectivity index (χ2n) is 5.07. The lowest BCUT2D eigenvalue weighted by molar-refractivity contribution is 0.309. The van der Waals surface area contributed by atoms with Gasteiger partial charge in [0.25, 0.3) is 0 Å². The van der Waals surface area contributed by atoms with Gasteiger partial charge in [-0.25, -0.2) is 0 Å². The molecule has 2 aromatic rings. The highest BCUT2D eigenvalue weighted by Gasteiger charge is 2.07. The Labute approximate surface area is 121 Å². The van der Waals surface area contributed by atoms with Crippen molar-refractivity contribution in [2.24, 2.45) is 5.73 Å². The molecule has 2 heteroatoms. The summed E-state index contributed by atoms with van der Waals surface area (Å²) in [6.07, 6.45) is 3.10. The highest BCUT2D eigenvalue weighted by Crippen LogP contribution is 2.19. The van der Waals surface area contributed by atoms with E-state index < -0.39 is 0 Å². The van der Waals surface area contributed by atoms with Crippen LogP contribution in [-0.2, 0) is 6.42 Å². The molecule has 0 fully saturated rings. The van der Waals surface area contributed by atoms with Crippen LogP contribution < -0.4 is 10.5 Å². The van der Waals surface area contributed by atoms with E-state index in [-0.39, 0.29) is 6.04 Å². The fourth-order valence-corrected chi connectivity index (χ4v) is 2.13. The summed E-state index contributed by atoms with van der Waals surface area (Å²) in [4.78, 5) is 0. The van der Waals surface area contributed by atoms with E-state index in [1.54, 1.807) is 0 Å². The summed E-state index contributed by atoms with van der Waals surface area (Å²) in [5.74, 6) is 0.925. The number of rotatable bonds is 7. The predicted octanol–water partition coefficient (Wildman–Crippen LogP) is 4.11. The van der Waals surface area contributed by atoms with Gasteiger partial charge in [-0.2, -0.15) is 0 Å². The molecule has 1 atom stereocenters. The van der Waals surface area contributed by atoms with Gasteiger partial charge < -0.3 is 10.5 Å². The molecular weight excluding hydrogens is 246 g/mol. The average molecular weight is 269 g/mol. The molecule has 0 saturated heterocycles.